The average Bonchev–Trinajstić information content (AvgIpc) is 2.12. The largest absolute Gasteiger partial charge is 0.243 e. The summed E-state index contributed by atoms with van der Waals surface area (Å²) in [5.41, 5.74) is 0.605. The molecule has 0 N–H and O–H groups in total. The van der Waals surface area contributed by atoms with Gasteiger partial charge in [0.05, 0.1) is 4.91 Å². The fraction of sp³-hybridized carbons (Fsp3) is 0.556. The molecule has 0 aliphatic carbocycles. The topological polar surface area (TPSA) is 37.4 Å². The molecule has 13 heavy (non-hydrogen) atoms. The molecular weight excluding hydrogens is 186 g/mol. The van der Waals surface area contributed by atoms with Gasteiger partial charge in [-0.25, -0.2) is 8.42 Å². The zero-order chi connectivity index (χ0) is 10.4. The van der Waals surface area contributed by atoms with Crippen molar-refractivity contribution >= 4 is 10.0 Å². The van der Waals surface area contributed by atoms with E-state index in [1.54, 1.807) is 0 Å². The van der Waals surface area contributed by atoms with Gasteiger partial charge in [0.15, 0.2) is 0 Å². The van der Waals surface area contributed by atoms with E-state index < -0.39 is 10.0 Å². The Morgan fingerprint density at radius 1 is 1.38 bits per heavy atom. The van der Waals surface area contributed by atoms with Gasteiger partial charge in [0.25, 0.3) is 0 Å². The van der Waals surface area contributed by atoms with Gasteiger partial charge in [-0.3, -0.25) is 0 Å². The van der Waals surface area contributed by atoms with Gasteiger partial charge in [0.1, 0.15) is 0 Å². The molecule has 74 valence electrons. The van der Waals surface area contributed by atoms with Crippen LogP contribution >= 0.6 is 0 Å². The molecule has 1 rings (SSSR count). The summed E-state index contributed by atoms with van der Waals surface area (Å²) >= 11 is 0. The van der Waals surface area contributed by atoms with E-state index in [2.05, 4.69) is 13.2 Å². The first-order chi connectivity index (χ1) is 5.80. The first-order valence-corrected chi connectivity index (χ1v) is 5.65. The van der Waals surface area contributed by atoms with Crippen LogP contribution in [-0.4, -0.2) is 24.8 Å². The number of hydrogen-bond donors (Lipinski definition) is 0. The Hall–Kier alpha value is -0.610. The lowest BCUT2D eigenvalue weighted by molar-refractivity contribution is 0.333. The van der Waals surface area contributed by atoms with Gasteiger partial charge in [0, 0.05) is 12.1 Å². The molecule has 1 heterocycles. The predicted octanol–water partition coefficient (Wildman–Crippen LogP) is 1.50. The Morgan fingerprint density at radius 3 is 2.00 bits per heavy atom. The summed E-state index contributed by atoms with van der Waals surface area (Å²) in [6.07, 6.45) is 0. The van der Waals surface area contributed by atoms with Crippen molar-refractivity contribution in [1.29, 1.82) is 0 Å². The lowest BCUT2D eigenvalue weighted by Crippen LogP contribution is -2.37. The highest BCUT2D eigenvalue weighted by molar-refractivity contribution is 7.93. The molecule has 1 aliphatic rings. The second-order valence-electron chi connectivity index (χ2n) is 3.55. The Bertz CT molecular complexity index is 354. The van der Waals surface area contributed by atoms with Gasteiger partial charge in [-0.2, -0.15) is 4.31 Å². The standard InChI is InChI=1S/C9H15NO2S/c1-6(2)10-8(4)7(3)9(5)13(10,11)12/h6,8H,3,5H2,1-2,4H3. The summed E-state index contributed by atoms with van der Waals surface area (Å²) in [5.74, 6) is 0. The van der Waals surface area contributed by atoms with Crippen LogP contribution in [0.2, 0.25) is 0 Å². The number of hydrogen-bond acceptors (Lipinski definition) is 2. The minimum atomic E-state index is -3.32. The van der Waals surface area contributed by atoms with E-state index in [4.69, 9.17) is 0 Å². The van der Waals surface area contributed by atoms with Crippen molar-refractivity contribution in [3.05, 3.63) is 23.6 Å². The molecule has 4 heteroatoms. The lowest BCUT2D eigenvalue weighted by Gasteiger charge is -2.23. The highest BCUT2D eigenvalue weighted by atomic mass is 32.2. The van der Waals surface area contributed by atoms with E-state index in [1.165, 1.54) is 4.31 Å². The van der Waals surface area contributed by atoms with Crippen molar-refractivity contribution in [2.45, 2.75) is 32.9 Å². The molecule has 0 saturated carbocycles. The van der Waals surface area contributed by atoms with Gasteiger partial charge >= 0.3 is 0 Å². The summed E-state index contributed by atoms with van der Waals surface area (Å²) in [7, 11) is -3.32. The van der Waals surface area contributed by atoms with E-state index >= 15 is 0 Å². The van der Waals surface area contributed by atoms with Crippen LogP contribution in [0.15, 0.2) is 23.6 Å². The molecule has 0 amide bonds. The third kappa shape index (κ3) is 1.34. The number of nitrogens with zero attached hydrogens (tertiary/aromatic N) is 1. The molecule has 1 unspecified atom stereocenters. The van der Waals surface area contributed by atoms with Crippen molar-refractivity contribution in [3.63, 3.8) is 0 Å². The fourth-order valence-electron chi connectivity index (χ4n) is 1.61. The quantitative estimate of drug-likeness (QED) is 0.644. The van der Waals surface area contributed by atoms with E-state index in [0.29, 0.717) is 5.57 Å². The smallest absolute Gasteiger partial charge is 0.207 e. The van der Waals surface area contributed by atoms with Crippen molar-refractivity contribution in [2.75, 3.05) is 0 Å². The summed E-state index contributed by atoms with van der Waals surface area (Å²) in [6, 6.07) is -0.200. The van der Waals surface area contributed by atoms with Crippen LogP contribution in [0.5, 0.6) is 0 Å². The van der Waals surface area contributed by atoms with Gasteiger partial charge in [0.2, 0.25) is 10.0 Å². The minimum absolute atomic E-state index is 0.0454. The van der Waals surface area contributed by atoms with Crippen LogP contribution < -0.4 is 0 Å². The zero-order valence-electron chi connectivity index (χ0n) is 8.24. The molecule has 0 aromatic carbocycles. The third-order valence-electron chi connectivity index (χ3n) is 2.34. The van der Waals surface area contributed by atoms with Crippen molar-refractivity contribution in [1.82, 2.24) is 4.31 Å². The van der Waals surface area contributed by atoms with Crippen LogP contribution in [0.4, 0.5) is 0 Å². The zero-order valence-corrected chi connectivity index (χ0v) is 9.06. The summed E-state index contributed by atoms with van der Waals surface area (Å²) < 4.78 is 24.9. The van der Waals surface area contributed by atoms with Crippen LogP contribution in [0.25, 0.3) is 0 Å². The van der Waals surface area contributed by atoms with E-state index in [0.717, 1.165) is 0 Å². The Kier molecular flexibility index (Phi) is 2.38. The van der Waals surface area contributed by atoms with Crippen LogP contribution in [-0.2, 0) is 10.0 Å². The number of rotatable bonds is 1. The molecule has 0 spiro atoms. The predicted molar refractivity (Wildman–Crippen MR) is 53.6 cm³/mol. The van der Waals surface area contributed by atoms with Crippen molar-refractivity contribution < 1.29 is 8.42 Å². The SMILES string of the molecule is C=C1C(=C)S(=O)(=O)N(C(C)C)C1C. The molecule has 1 saturated heterocycles. The Labute approximate surface area is 79.8 Å². The molecule has 0 radical (unpaired) electrons. The molecule has 1 atom stereocenters. The molecule has 0 bridgehead atoms. The molecule has 3 nitrogen and oxygen atoms in total. The first-order valence-electron chi connectivity index (χ1n) is 4.21. The second-order valence-corrected chi connectivity index (χ2v) is 5.42. The highest BCUT2D eigenvalue weighted by Gasteiger charge is 2.42. The van der Waals surface area contributed by atoms with Crippen LogP contribution in [0, 0.1) is 0 Å². The summed E-state index contributed by atoms with van der Waals surface area (Å²) in [4.78, 5) is 0.161. The summed E-state index contributed by atoms with van der Waals surface area (Å²) in [6.45, 7) is 12.8. The van der Waals surface area contributed by atoms with Gasteiger partial charge < -0.3 is 0 Å². The normalized spacial score (nSPS) is 28.8. The first kappa shape index (κ1) is 10.5. The number of sulfonamides is 1. The molecule has 1 aliphatic heterocycles. The van der Waals surface area contributed by atoms with Gasteiger partial charge in [-0.15, -0.1) is 0 Å². The van der Waals surface area contributed by atoms with E-state index in [-0.39, 0.29) is 17.0 Å². The van der Waals surface area contributed by atoms with Crippen molar-refractivity contribution in [3.8, 4) is 0 Å². The van der Waals surface area contributed by atoms with Gasteiger partial charge in [-0.1, -0.05) is 13.2 Å². The van der Waals surface area contributed by atoms with Crippen LogP contribution in [0.3, 0.4) is 0 Å². The monoisotopic (exact) mass is 201 g/mol. The van der Waals surface area contributed by atoms with Crippen molar-refractivity contribution in [2.24, 2.45) is 0 Å². The Morgan fingerprint density at radius 2 is 1.85 bits per heavy atom. The van der Waals surface area contributed by atoms with Crippen LogP contribution in [0.1, 0.15) is 20.8 Å². The second kappa shape index (κ2) is 2.96. The molecule has 0 aromatic heterocycles. The maximum Gasteiger partial charge on any atom is 0.243 e. The highest BCUT2D eigenvalue weighted by Crippen LogP contribution is 2.35. The average molecular weight is 201 g/mol. The maximum atomic E-state index is 11.7. The van der Waals surface area contributed by atoms with Gasteiger partial charge in [-0.05, 0) is 26.3 Å². The summed E-state index contributed by atoms with van der Waals surface area (Å²) in [5, 5.41) is 0. The van der Waals surface area contributed by atoms with E-state index in [1.807, 2.05) is 20.8 Å². The fourth-order valence-corrected chi connectivity index (χ4v) is 3.47. The lowest BCUT2D eigenvalue weighted by atomic mass is 10.1. The minimum Gasteiger partial charge on any atom is -0.207 e. The molecular formula is C9H15NO2S. The molecule has 0 aromatic rings. The third-order valence-corrected chi connectivity index (χ3v) is 4.52. The Balaban J connectivity index is 3.26. The van der Waals surface area contributed by atoms with E-state index in [9.17, 15) is 8.42 Å². The molecule has 1 fully saturated rings. The maximum absolute atomic E-state index is 11.7.